The van der Waals surface area contributed by atoms with E-state index in [0.717, 1.165) is 30.2 Å². The first-order valence-electron chi connectivity index (χ1n) is 5.79. The molecule has 0 bridgehead atoms. The van der Waals surface area contributed by atoms with Crippen molar-refractivity contribution in [2.45, 2.75) is 24.3 Å². The van der Waals surface area contributed by atoms with E-state index in [1.807, 2.05) is 0 Å². The van der Waals surface area contributed by atoms with Gasteiger partial charge in [-0.1, -0.05) is 18.1 Å². The van der Waals surface area contributed by atoms with E-state index >= 15 is 0 Å². The second-order valence-corrected chi connectivity index (χ2v) is 6.69. The van der Waals surface area contributed by atoms with Gasteiger partial charge in [-0.2, -0.15) is 13.2 Å². The summed E-state index contributed by atoms with van der Waals surface area (Å²) in [6, 6.07) is 5.69. The van der Waals surface area contributed by atoms with Crippen molar-refractivity contribution >= 4 is 10.9 Å². The SMILES string of the molecule is C#CC[S+]1CCCC1c1cccc(C(F)(F)F)c1.[Br-]. The van der Waals surface area contributed by atoms with Crippen LogP contribution in [0.25, 0.3) is 0 Å². The highest BCUT2D eigenvalue weighted by molar-refractivity contribution is 7.97. The number of terminal acetylenes is 1. The molecule has 0 amide bonds. The zero-order chi connectivity index (χ0) is 13.2. The van der Waals surface area contributed by atoms with Crippen LogP contribution in [-0.4, -0.2) is 11.5 Å². The molecule has 2 rings (SSSR count). The maximum absolute atomic E-state index is 12.7. The molecule has 1 saturated heterocycles. The molecule has 0 aliphatic carbocycles. The minimum absolute atomic E-state index is 0. The molecule has 0 nitrogen and oxygen atoms in total. The second-order valence-electron chi connectivity index (χ2n) is 4.34. The quantitative estimate of drug-likeness (QED) is 0.546. The first-order valence-corrected chi connectivity index (χ1v) is 7.42. The van der Waals surface area contributed by atoms with E-state index in [0.29, 0.717) is 5.75 Å². The van der Waals surface area contributed by atoms with Gasteiger partial charge in [-0.15, -0.1) is 6.42 Å². The molecule has 2 unspecified atom stereocenters. The Morgan fingerprint density at radius 3 is 2.74 bits per heavy atom. The fourth-order valence-electron chi connectivity index (χ4n) is 2.32. The highest BCUT2D eigenvalue weighted by Gasteiger charge is 2.38. The summed E-state index contributed by atoms with van der Waals surface area (Å²) in [5.74, 6) is 4.37. The van der Waals surface area contributed by atoms with E-state index in [1.165, 1.54) is 12.1 Å². The normalized spacial score (nSPS) is 22.6. The molecule has 1 fully saturated rings. The van der Waals surface area contributed by atoms with Crippen LogP contribution in [0.5, 0.6) is 0 Å². The van der Waals surface area contributed by atoms with Crippen LogP contribution in [0.2, 0.25) is 0 Å². The lowest BCUT2D eigenvalue weighted by atomic mass is 10.1. The molecule has 1 aliphatic heterocycles. The van der Waals surface area contributed by atoms with Crippen LogP contribution in [0.3, 0.4) is 0 Å². The number of hydrogen-bond acceptors (Lipinski definition) is 0. The van der Waals surface area contributed by atoms with Crippen molar-refractivity contribution in [3.05, 3.63) is 35.4 Å². The molecule has 2 atom stereocenters. The summed E-state index contributed by atoms with van der Waals surface area (Å²) in [6.45, 7) is 0. The molecule has 0 saturated carbocycles. The van der Waals surface area contributed by atoms with Gasteiger partial charge in [-0.3, -0.25) is 0 Å². The van der Waals surface area contributed by atoms with Gasteiger partial charge in [-0.25, -0.2) is 0 Å². The van der Waals surface area contributed by atoms with Crippen molar-refractivity contribution in [3.63, 3.8) is 0 Å². The first kappa shape index (κ1) is 16.5. The number of hydrogen-bond donors (Lipinski definition) is 0. The van der Waals surface area contributed by atoms with Gasteiger partial charge in [0, 0.05) is 22.9 Å². The summed E-state index contributed by atoms with van der Waals surface area (Å²) >= 11 is 0. The molecule has 19 heavy (non-hydrogen) atoms. The maximum atomic E-state index is 12.7. The van der Waals surface area contributed by atoms with Gasteiger partial charge in [0.2, 0.25) is 0 Å². The molecule has 0 spiro atoms. The summed E-state index contributed by atoms with van der Waals surface area (Å²) in [4.78, 5) is 0. The molecule has 5 heteroatoms. The van der Waals surface area contributed by atoms with Crippen molar-refractivity contribution in [2.75, 3.05) is 11.5 Å². The zero-order valence-electron chi connectivity index (χ0n) is 10.2. The smallest absolute Gasteiger partial charge is 0.416 e. The largest absolute Gasteiger partial charge is 1.00 e. The monoisotopic (exact) mass is 350 g/mol. The zero-order valence-corrected chi connectivity index (χ0v) is 12.6. The van der Waals surface area contributed by atoms with Crippen LogP contribution in [0, 0.1) is 12.3 Å². The summed E-state index contributed by atoms with van der Waals surface area (Å²) in [5, 5.41) is 0.211. The molecule has 0 N–H and O–H groups in total. The summed E-state index contributed by atoms with van der Waals surface area (Å²) in [7, 11) is 0.0454. The van der Waals surface area contributed by atoms with Crippen LogP contribution in [-0.2, 0) is 17.1 Å². The number of halogens is 4. The Morgan fingerprint density at radius 2 is 2.11 bits per heavy atom. The fourth-order valence-corrected chi connectivity index (χ4v) is 4.73. The third-order valence-corrected chi connectivity index (χ3v) is 5.79. The van der Waals surface area contributed by atoms with Crippen molar-refractivity contribution in [1.29, 1.82) is 0 Å². The Balaban J connectivity index is 0.00000180. The highest BCUT2D eigenvalue weighted by Crippen LogP contribution is 2.38. The maximum Gasteiger partial charge on any atom is 0.416 e. The molecule has 1 aliphatic rings. The minimum atomic E-state index is -4.26. The van der Waals surface area contributed by atoms with Gasteiger partial charge < -0.3 is 17.0 Å². The van der Waals surface area contributed by atoms with E-state index < -0.39 is 11.7 Å². The molecule has 0 radical (unpaired) electrons. The summed E-state index contributed by atoms with van der Waals surface area (Å²) < 4.78 is 38.0. The van der Waals surface area contributed by atoms with Gasteiger partial charge in [0.05, 0.1) is 5.56 Å². The topological polar surface area (TPSA) is 0 Å². The molecule has 1 heterocycles. The first-order chi connectivity index (χ1) is 8.52. The second kappa shape index (κ2) is 6.71. The molecule has 1 aromatic rings. The molecule has 0 aromatic heterocycles. The predicted octanol–water partition coefficient (Wildman–Crippen LogP) is 0.796. The van der Waals surface area contributed by atoms with Gasteiger partial charge in [-0.05, 0) is 18.6 Å². The van der Waals surface area contributed by atoms with Crippen LogP contribution >= 0.6 is 0 Å². The van der Waals surface area contributed by atoms with E-state index in [1.54, 1.807) is 6.07 Å². The standard InChI is InChI=1S/C14H14F3S.BrH/c1-2-8-18-9-4-7-13(18)11-5-3-6-12(10-11)14(15,16)17;/h1,3,5-6,10,13H,4,7-9H2;1H/q+1;/p-1. The number of alkyl halides is 3. The average molecular weight is 351 g/mol. The Hall–Kier alpha value is -0.600. The van der Waals surface area contributed by atoms with Crippen LogP contribution < -0.4 is 17.0 Å². The lowest BCUT2D eigenvalue weighted by Crippen LogP contribution is -3.00. The third kappa shape index (κ3) is 3.93. The van der Waals surface area contributed by atoms with Crippen molar-refractivity contribution in [1.82, 2.24) is 0 Å². The van der Waals surface area contributed by atoms with E-state index in [-0.39, 0.29) is 33.1 Å². The van der Waals surface area contributed by atoms with Gasteiger partial charge in [0.1, 0.15) is 11.0 Å². The van der Waals surface area contributed by atoms with Gasteiger partial charge in [0.15, 0.2) is 5.75 Å². The number of rotatable bonds is 2. The lowest BCUT2D eigenvalue weighted by Gasteiger charge is -2.13. The third-order valence-electron chi connectivity index (χ3n) is 3.13. The van der Waals surface area contributed by atoms with Crippen LogP contribution in [0.4, 0.5) is 13.2 Å². The van der Waals surface area contributed by atoms with Crippen molar-refractivity contribution in [2.24, 2.45) is 0 Å². The minimum Gasteiger partial charge on any atom is -1.00 e. The Kier molecular flexibility index (Phi) is 5.82. The van der Waals surface area contributed by atoms with Crippen molar-refractivity contribution in [3.8, 4) is 12.3 Å². The lowest BCUT2D eigenvalue weighted by molar-refractivity contribution is -0.137. The Bertz CT molecular complexity index is 464. The summed E-state index contributed by atoms with van der Waals surface area (Å²) in [6.07, 6.45) is 3.07. The predicted molar refractivity (Wildman–Crippen MR) is 69.4 cm³/mol. The molecule has 104 valence electrons. The molecule has 1 aromatic carbocycles. The van der Waals surface area contributed by atoms with E-state index in [2.05, 4.69) is 5.92 Å². The van der Waals surface area contributed by atoms with E-state index in [4.69, 9.17) is 6.42 Å². The fraction of sp³-hybridized carbons (Fsp3) is 0.429. The van der Waals surface area contributed by atoms with Crippen molar-refractivity contribution < 1.29 is 30.2 Å². The van der Waals surface area contributed by atoms with Gasteiger partial charge in [0.25, 0.3) is 0 Å². The average Bonchev–Trinajstić information content (AvgIpc) is 2.77. The van der Waals surface area contributed by atoms with Gasteiger partial charge >= 0.3 is 6.18 Å². The summed E-state index contributed by atoms with van der Waals surface area (Å²) in [5.41, 5.74) is 0.233. The van der Waals surface area contributed by atoms with Crippen LogP contribution in [0.1, 0.15) is 29.2 Å². The Labute approximate surface area is 124 Å². The molecular formula is C14H14BrF3S. The molecular weight excluding hydrogens is 337 g/mol. The highest BCUT2D eigenvalue weighted by atomic mass is 79.9. The number of benzene rings is 1. The Morgan fingerprint density at radius 1 is 1.37 bits per heavy atom. The van der Waals surface area contributed by atoms with E-state index in [9.17, 15) is 13.2 Å². The van der Waals surface area contributed by atoms with Crippen LogP contribution in [0.15, 0.2) is 24.3 Å².